The highest BCUT2D eigenvalue weighted by Gasteiger charge is 2.47. The number of allylic oxidation sites excluding steroid dienone is 5. The first-order valence-electron chi connectivity index (χ1n) is 16.5. The van der Waals surface area contributed by atoms with Gasteiger partial charge in [0.15, 0.2) is 0 Å². The Balaban J connectivity index is 0.000000452. The van der Waals surface area contributed by atoms with Gasteiger partial charge >= 0.3 is 0 Å². The summed E-state index contributed by atoms with van der Waals surface area (Å²) < 4.78 is 0. The molecule has 0 nitrogen and oxygen atoms in total. The SMILES string of the molecule is Cc1c2c(c(C3=CC4C(C=C3)c3c(c5ccccc5c5ccccc35)C4(C)C)c3ccccc13)C=CCC2C.c1ccccc1. The second kappa shape index (κ2) is 10.7. The lowest BCUT2D eigenvalue weighted by atomic mass is 9.71. The maximum absolute atomic E-state index is 2.64. The third-order valence-electron chi connectivity index (χ3n) is 10.8. The molecule has 0 bridgehead atoms. The van der Waals surface area contributed by atoms with E-state index in [1.165, 1.54) is 65.7 Å². The summed E-state index contributed by atoms with van der Waals surface area (Å²) in [5, 5.41) is 8.38. The second-order valence-corrected chi connectivity index (χ2v) is 13.7. The standard InChI is InChI=1S/C39H34.C6H6/c1-23-12-11-19-33-35(23)24(2)26-13-5-8-16-29(26)36(33)25-20-21-32-34(22-25)39(3,4)38-31-18-10-7-15-28(31)27-14-6-9-17-30(27)37(32)38;1-2-4-6-5-3-1/h5-11,13-23,32,34H,12H2,1-4H3;1-6H. The number of fused-ring (bicyclic) bond motifs is 10. The van der Waals surface area contributed by atoms with Crippen LogP contribution in [0, 0.1) is 12.8 Å². The van der Waals surface area contributed by atoms with Gasteiger partial charge in [0.05, 0.1) is 0 Å². The molecule has 0 aliphatic heterocycles. The molecule has 0 heterocycles. The van der Waals surface area contributed by atoms with E-state index >= 15 is 0 Å². The third kappa shape index (κ3) is 4.26. The summed E-state index contributed by atoms with van der Waals surface area (Å²) in [7, 11) is 0. The third-order valence-corrected chi connectivity index (χ3v) is 10.8. The summed E-state index contributed by atoms with van der Waals surface area (Å²) in [6.45, 7) is 9.68. The van der Waals surface area contributed by atoms with E-state index in [-0.39, 0.29) is 5.41 Å². The molecular formula is C45H40. The molecule has 3 unspecified atom stereocenters. The van der Waals surface area contributed by atoms with Crippen LogP contribution in [-0.2, 0) is 5.41 Å². The summed E-state index contributed by atoms with van der Waals surface area (Å²) in [4.78, 5) is 0. The highest BCUT2D eigenvalue weighted by Crippen LogP contribution is 2.59. The van der Waals surface area contributed by atoms with Crippen LogP contribution in [0.25, 0.3) is 44.0 Å². The number of rotatable bonds is 1. The van der Waals surface area contributed by atoms with E-state index in [2.05, 4.69) is 131 Å². The average Bonchev–Trinajstić information content (AvgIpc) is 3.32. The van der Waals surface area contributed by atoms with Crippen LogP contribution in [0.1, 0.15) is 72.4 Å². The van der Waals surface area contributed by atoms with Crippen molar-refractivity contribution in [3.8, 4) is 0 Å². The van der Waals surface area contributed by atoms with Crippen molar-refractivity contribution in [2.75, 3.05) is 0 Å². The van der Waals surface area contributed by atoms with Gasteiger partial charge in [-0.25, -0.2) is 0 Å². The van der Waals surface area contributed by atoms with E-state index in [0.717, 1.165) is 6.42 Å². The van der Waals surface area contributed by atoms with Gasteiger partial charge in [0.1, 0.15) is 0 Å². The highest BCUT2D eigenvalue weighted by molar-refractivity contribution is 6.12. The summed E-state index contributed by atoms with van der Waals surface area (Å²) >= 11 is 0. The predicted octanol–water partition coefficient (Wildman–Crippen LogP) is 12.3. The molecule has 0 heteroatoms. The number of hydrogen-bond donors (Lipinski definition) is 0. The van der Waals surface area contributed by atoms with E-state index in [4.69, 9.17) is 0 Å². The van der Waals surface area contributed by atoms with Crippen molar-refractivity contribution in [2.45, 2.75) is 51.4 Å². The Morgan fingerprint density at radius 2 is 1.16 bits per heavy atom. The summed E-state index contributed by atoms with van der Waals surface area (Å²) in [6, 6.07) is 39.2. The lowest BCUT2D eigenvalue weighted by Crippen LogP contribution is -2.25. The molecule has 9 rings (SSSR count). The van der Waals surface area contributed by atoms with Crippen LogP contribution in [0.15, 0.2) is 133 Å². The first kappa shape index (κ1) is 27.8. The van der Waals surface area contributed by atoms with E-state index < -0.39 is 0 Å². The van der Waals surface area contributed by atoms with Crippen molar-refractivity contribution in [2.24, 2.45) is 5.92 Å². The zero-order valence-corrected chi connectivity index (χ0v) is 26.7. The number of aryl methyl sites for hydroxylation is 1. The molecule has 0 saturated carbocycles. The van der Waals surface area contributed by atoms with Crippen LogP contribution in [0.3, 0.4) is 0 Å². The molecule has 0 saturated heterocycles. The summed E-state index contributed by atoms with van der Waals surface area (Å²) in [5.74, 6) is 1.33. The van der Waals surface area contributed by atoms with E-state index in [9.17, 15) is 0 Å². The maximum atomic E-state index is 2.64. The van der Waals surface area contributed by atoms with Crippen molar-refractivity contribution in [1.82, 2.24) is 0 Å². The van der Waals surface area contributed by atoms with Gasteiger partial charge in [-0.1, -0.05) is 160 Å². The van der Waals surface area contributed by atoms with Crippen molar-refractivity contribution in [3.05, 3.63) is 167 Å². The Bertz CT molecular complexity index is 2160. The Kier molecular flexibility index (Phi) is 6.64. The maximum Gasteiger partial charge on any atom is 0.0102 e. The predicted molar refractivity (Wildman–Crippen MR) is 195 cm³/mol. The summed E-state index contributed by atoms with van der Waals surface area (Å²) in [6.07, 6.45) is 13.5. The molecule has 3 aliphatic rings. The minimum Gasteiger partial charge on any atom is -0.0833 e. The summed E-state index contributed by atoms with van der Waals surface area (Å²) in [5.41, 5.74) is 10.3. The van der Waals surface area contributed by atoms with Crippen LogP contribution in [0.5, 0.6) is 0 Å². The Hall–Kier alpha value is -4.68. The van der Waals surface area contributed by atoms with E-state index in [1.807, 2.05) is 36.4 Å². The van der Waals surface area contributed by atoms with Crippen molar-refractivity contribution < 1.29 is 0 Å². The van der Waals surface area contributed by atoms with Crippen molar-refractivity contribution >= 4 is 44.0 Å². The van der Waals surface area contributed by atoms with E-state index in [1.54, 1.807) is 5.56 Å². The van der Waals surface area contributed by atoms with Gasteiger partial charge in [0.2, 0.25) is 0 Å². The number of benzene rings is 6. The molecule has 3 aliphatic carbocycles. The van der Waals surface area contributed by atoms with Crippen LogP contribution in [-0.4, -0.2) is 0 Å². The second-order valence-electron chi connectivity index (χ2n) is 13.7. The Morgan fingerprint density at radius 1 is 0.600 bits per heavy atom. The van der Waals surface area contributed by atoms with Gasteiger partial charge in [0.25, 0.3) is 0 Å². The molecule has 0 aromatic heterocycles. The highest BCUT2D eigenvalue weighted by atomic mass is 14.5. The molecule has 0 N–H and O–H groups in total. The van der Waals surface area contributed by atoms with Gasteiger partial charge in [-0.15, -0.1) is 0 Å². The van der Waals surface area contributed by atoms with Gasteiger partial charge in [0, 0.05) is 5.92 Å². The molecule has 0 spiro atoms. The normalized spacial score (nSPS) is 20.7. The minimum absolute atomic E-state index is 0.0172. The zero-order chi connectivity index (χ0) is 30.7. The lowest BCUT2D eigenvalue weighted by Gasteiger charge is -2.33. The Labute approximate surface area is 267 Å². The molecule has 6 aromatic carbocycles. The first-order chi connectivity index (χ1) is 22.0. The van der Waals surface area contributed by atoms with Crippen LogP contribution >= 0.6 is 0 Å². The lowest BCUT2D eigenvalue weighted by molar-refractivity contribution is 0.397. The van der Waals surface area contributed by atoms with Crippen molar-refractivity contribution in [1.29, 1.82) is 0 Å². The molecule has 0 radical (unpaired) electrons. The van der Waals surface area contributed by atoms with Crippen LogP contribution in [0.2, 0.25) is 0 Å². The molecule has 0 amide bonds. The van der Waals surface area contributed by atoms with Gasteiger partial charge in [-0.05, 0) is 102 Å². The van der Waals surface area contributed by atoms with Gasteiger partial charge in [-0.2, -0.15) is 0 Å². The van der Waals surface area contributed by atoms with Gasteiger partial charge in [-0.3, -0.25) is 0 Å². The molecule has 220 valence electrons. The monoisotopic (exact) mass is 580 g/mol. The topological polar surface area (TPSA) is 0 Å². The fourth-order valence-electron chi connectivity index (χ4n) is 8.82. The van der Waals surface area contributed by atoms with Crippen LogP contribution in [0.4, 0.5) is 0 Å². The fraction of sp³-hybridized carbons (Fsp3) is 0.200. The molecule has 6 aromatic rings. The quantitative estimate of drug-likeness (QED) is 0.170. The largest absolute Gasteiger partial charge is 0.0833 e. The van der Waals surface area contributed by atoms with Gasteiger partial charge < -0.3 is 0 Å². The smallest absolute Gasteiger partial charge is 0.0102 e. The fourth-order valence-corrected chi connectivity index (χ4v) is 8.82. The molecule has 0 fully saturated rings. The average molecular weight is 581 g/mol. The molecular weight excluding hydrogens is 540 g/mol. The first-order valence-corrected chi connectivity index (χ1v) is 16.5. The molecule has 45 heavy (non-hydrogen) atoms. The van der Waals surface area contributed by atoms with E-state index in [0.29, 0.717) is 17.8 Å². The minimum atomic E-state index is 0.0172. The molecule has 3 atom stereocenters. The Morgan fingerprint density at radius 3 is 1.82 bits per heavy atom. The number of hydrogen-bond acceptors (Lipinski definition) is 0. The zero-order valence-electron chi connectivity index (χ0n) is 26.7. The van der Waals surface area contributed by atoms with Crippen molar-refractivity contribution in [3.63, 3.8) is 0 Å². The van der Waals surface area contributed by atoms with Crippen LogP contribution < -0.4 is 0 Å².